The molecule has 0 spiro atoms. The fourth-order valence-corrected chi connectivity index (χ4v) is 0. The summed E-state index contributed by atoms with van der Waals surface area (Å²) < 4.78 is 6.59. The monoisotopic (exact) mass is 72.0 g/mol. The van der Waals surface area contributed by atoms with Crippen LogP contribution in [0.5, 0.6) is 0 Å². The third-order valence-corrected chi connectivity index (χ3v) is 0.612. The van der Waals surface area contributed by atoms with Gasteiger partial charge in [0.05, 0.1) is 0 Å². The van der Waals surface area contributed by atoms with Gasteiger partial charge in [-0.05, 0) is 0 Å². The zero-order valence-corrected chi connectivity index (χ0v) is 3.85. The lowest BCUT2D eigenvalue weighted by Gasteiger charge is -1.68. The molecule has 0 aliphatic carbocycles. The summed E-state index contributed by atoms with van der Waals surface area (Å²) in [5.74, 6) is 0. The molecule has 0 aliphatic rings. The molecular weight excluding hydrogens is 63.0 g/mol. The van der Waals surface area contributed by atoms with Crippen molar-refractivity contribution in [3.63, 3.8) is 0 Å². The fraction of sp³-hybridized carbons (Fsp3) is 1.00. The topological polar surface area (TPSA) is 0 Å². The maximum absolute atomic E-state index is 6.59. The van der Waals surface area contributed by atoms with E-state index in [-0.39, 0.29) is 0 Å². The normalized spacial score (nSPS) is 10.5. The average Bonchev–Trinajstić information content (AvgIpc) is 1.41. The van der Waals surface area contributed by atoms with Crippen molar-refractivity contribution < 1.29 is 1.37 Å². The van der Waals surface area contributed by atoms with E-state index in [0.29, 0.717) is 6.90 Å². The lowest BCUT2D eigenvalue weighted by atomic mass is 10.6. The van der Waals surface area contributed by atoms with E-state index in [1.807, 2.05) is 0 Å². The van der Waals surface area contributed by atoms with Crippen molar-refractivity contribution in [2.24, 2.45) is 0 Å². The summed E-state index contributed by atoms with van der Waals surface area (Å²) in [6, 6.07) is 0. The highest BCUT2D eigenvalue weighted by Crippen LogP contribution is 1.73. The second-order valence-electron chi connectivity index (χ2n) is 0.642. The van der Waals surface area contributed by atoms with Crippen molar-refractivity contribution in [1.82, 2.24) is 0 Å². The second kappa shape index (κ2) is 3.53. The molecule has 0 atom stereocenters. The molecule has 0 aliphatic heterocycles. The molecule has 0 N–H and O–H groups in total. The van der Waals surface area contributed by atoms with Crippen LogP contribution in [0, 0.1) is 0 Å². The third-order valence-electron chi connectivity index (χ3n) is 0.204. The Labute approximate surface area is 37.0 Å². The molecule has 2 radical (unpaired) electrons. The summed E-state index contributed by atoms with van der Waals surface area (Å²) in [6.45, 7) is 0.573. The Bertz CT molecular complexity index is 14.4. The van der Waals surface area contributed by atoms with E-state index in [1.54, 1.807) is 0 Å². The molecule has 0 amide bonds. The van der Waals surface area contributed by atoms with Crippen molar-refractivity contribution in [3.05, 3.63) is 0 Å². The quantitative estimate of drug-likeness (QED) is 0.405. The average molecular weight is 72.1 g/mol. The van der Waals surface area contributed by atoms with Gasteiger partial charge in [-0.15, -0.1) is 5.28 Å². The van der Waals surface area contributed by atoms with E-state index in [4.69, 9.17) is 1.37 Å². The first-order valence-corrected chi connectivity index (χ1v) is 2.22. The molecule has 4 heavy (non-hydrogen) atoms. The van der Waals surface area contributed by atoms with Gasteiger partial charge in [-0.2, -0.15) is 0 Å². The molecule has 0 bridgehead atoms. The van der Waals surface area contributed by atoms with Gasteiger partial charge in [0, 0.05) is 1.37 Å². The highest BCUT2D eigenvalue weighted by atomic mass is 27.0. The molecule has 0 aromatic rings. The van der Waals surface area contributed by atoms with Crippen LogP contribution in [0.3, 0.4) is 0 Å². The smallest absolute Gasteiger partial charge is 0.118 e. The highest BCUT2D eigenvalue weighted by molar-refractivity contribution is 6.08. The van der Waals surface area contributed by atoms with Gasteiger partial charge in [-0.1, -0.05) is 13.3 Å². The van der Waals surface area contributed by atoms with Crippen molar-refractivity contribution >= 4 is 16.3 Å². The van der Waals surface area contributed by atoms with Crippen LogP contribution in [0.2, 0.25) is 5.28 Å². The van der Waals surface area contributed by atoms with Gasteiger partial charge in [0.1, 0.15) is 16.3 Å². The first-order chi connectivity index (χ1) is 2.41. The largest absolute Gasteiger partial charge is 0.118 e. The zero-order valence-electron chi connectivity index (χ0n) is 3.70. The summed E-state index contributed by atoms with van der Waals surface area (Å²) in [6.07, 6.45) is 1.02. The van der Waals surface area contributed by atoms with Crippen LogP contribution in [0.1, 0.15) is 14.7 Å². The van der Waals surface area contributed by atoms with E-state index in [1.165, 1.54) is 0 Å². The number of rotatable bonds is 1. The van der Waals surface area contributed by atoms with E-state index in [9.17, 15) is 0 Å². The minimum absolute atomic E-state index is 0.573. The predicted octanol–water partition coefficient (Wildman–Crippen LogP) is 0.983. The fourth-order valence-electron chi connectivity index (χ4n) is 0. The molecule has 0 unspecified atom stereocenters. The Kier molecular flexibility index (Phi) is 2.43. The summed E-state index contributed by atoms with van der Waals surface area (Å²) in [7, 11) is 0. The SMILES string of the molecule is [3H]CC[CH2][Al]. The molecule has 0 saturated carbocycles. The molecule has 1 heteroatoms. The summed E-state index contributed by atoms with van der Waals surface area (Å²) in [5, 5.41) is 1.07. The van der Waals surface area contributed by atoms with E-state index >= 15 is 0 Å². The second-order valence-corrected chi connectivity index (χ2v) is 1.22. The minimum Gasteiger partial charge on any atom is -0.118 e. The Morgan fingerprint density at radius 2 is 3.00 bits per heavy atom. The molecule has 0 saturated heterocycles. The van der Waals surface area contributed by atoms with E-state index in [0.717, 1.165) is 11.7 Å². The molecule has 0 aromatic carbocycles. The molecule has 0 rings (SSSR count). The number of hydrogen-bond donors (Lipinski definition) is 0. The Hall–Kier alpha value is 0.532. The first-order valence-electron chi connectivity index (χ1n) is 2.12. The molecule has 0 heterocycles. The van der Waals surface area contributed by atoms with Crippen LogP contribution < -0.4 is 0 Å². The standard InChI is InChI=1S/C3H7.Al/c1-3-2;/h1,3H2,2H3;/i2T;. The zero-order chi connectivity index (χ0) is 4.12. The van der Waals surface area contributed by atoms with Gasteiger partial charge >= 0.3 is 0 Å². The molecule has 22 valence electrons. The van der Waals surface area contributed by atoms with Gasteiger partial charge in [0.25, 0.3) is 0 Å². The van der Waals surface area contributed by atoms with Crippen LogP contribution in [-0.4, -0.2) is 16.3 Å². The Morgan fingerprint density at radius 1 is 2.25 bits per heavy atom. The van der Waals surface area contributed by atoms with Gasteiger partial charge < -0.3 is 0 Å². The molecule has 0 aromatic heterocycles. The molecular formula is C3H7Al. The van der Waals surface area contributed by atoms with Gasteiger partial charge in [-0.3, -0.25) is 0 Å². The van der Waals surface area contributed by atoms with Crippen LogP contribution >= 0.6 is 0 Å². The summed E-state index contributed by atoms with van der Waals surface area (Å²) in [5.41, 5.74) is 0. The maximum Gasteiger partial charge on any atom is 0.118 e. The third kappa shape index (κ3) is 2.53. The van der Waals surface area contributed by atoms with Gasteiger partial charge in [0.15, 0.2) is 0 Å². The predicted molar refractivity (Wildman–Crippen MR) is 20.9 cm³/mol. The highest BCUT2D eigenvalue weighted by Gasteiger charge is 1.56. The van der Waals surface area contributed by atoms with Crippen LogP contribution in [-0.2, 0) is 0 Å². The van der Waals surface area contributed by atoms with Crippen LogP contribution in [0.25, 0.3) is 0 Å². The lowest BCUT2D eigenvalue weighted by molar-refractivity contribution is 1.08. The first kappa shape index (κ1) is 2.75. The van der Waals surface area contributed by atoms with Crippen molar-refractivity contribution in [1.29, 1.82) is 0 Å². The summed E-state index contributed by atoms with van der Waals surface area (Å²) >= 11 is 2.58. The Morgan fingerprint density at radius 3 is 3.00 bits per heavy atom. The van der Waals surface area contributed by atoms with Gasteiger partial charge in [0.2, 0.25) is 0 Å². The van der Waals surface area contributed by atoms with E-state index < -0.39 is 0 Å². The molecule has 0 nitrogen and oxygen atoms in total. The number of hydrogen-bond acceptors (Lipinski definition) is 0. The Balaban J connectivity index is 2.19. The van der Waals surface area contributed by atoms with Crippen molar-refractivity contribution in [2.45, 2.75) is 18.6 Å². The van der Waals surface area contributed by atoms with Crippen molar-refractivity contribution in [2.75, 3.05) is 0 Å². The summed E-state index contributed by atoms with van der Waals surface area (Å²) in [4.78, 5) is 0. The lowest BCUT2D eigenvalue weighted by Crippen LogP contribution is -1.55. The van der Waals surface area contributed by atoms with Gasteiger partial charge in [-0.25, -0.2) is 0 Å². The molecule has 0 fully saturated rings. The van der Waals surface area contributed by atoms with Crippen LogP contribution in [0.4, 0.5) is 0 Å². The van der Waals surface area contributed by atoms with E-state index in [2.05, 4.69) is 16.3 Å². The van der Waals surface area contributed by atoms with Crippen LogP contribution in [0.15, 0.2) is 0 Å². The minimum atomic E-state index is 0.573. The van der Waals surface area contributed by atoms with Crippen molar-refractivity contribution in [3.8, 4) is 0 Å². The maximum atomic E-state index is 6.59.